The minimum absolute atomic E-state index is 0.00142. The molecule has 1 rings (SSSR count). The summed E-state index contributed by atoms with van der Waals surface area (Å²) in [4.78, 5) is 0. The van der Waals surface area contributed by atoms with Gasteiger partial charge in [0, 0.05) is 0 Å². The van der Waals surface area contributed by atoms with Gasteiger partial charge >= 0.3 is 0 Å². The lowest BCUT2D eigenvalue weighted by Crippen LogP contribution is -2.34. The molecule has 0 amide bonds. The van der Waals surface area contributed by atoms with Gasteiger partial charge in [-0.25, -0.2) is 0 Å². The predicted molar refractivity (Wildman–Crippen MR) is 44.3 cm³/mol. The number of aliphatic hydroxyl groups is 2. The Balaban J connectivity index is 2.45. The van der Waals surface area contributed by atoms with Gasteiger partial charge in [-0.2, -0.15) is 0 Å². The number of hydrogen-bond donors (Lipinski definition) is 2. The van der Waals surface area contributed by atoms with E-state index in [2.05, 4.69) is 8.58 Å². The molecule has 78 valence electrons. The Hall–Kier alpha value is 0.380. The molecule has 13 heavy (non-hydrogen) atoms. The fraction of sp³-hybridized carbons (Fsp3) is 1.00. The maximum absolute atomic E-state index is 9.37. The summed E-state index contributed by atoms with van der Waals surface area (Å²) >= 11 is 9.98. The van der Waals surface area contributed by atoms with Crippen LogP contribution in [0.25, 0.3) is 0 Å². The summed E-state index contributed by atoms with van der Waals surface area (Å²) in [6, 6.07) is 0. The number of halogens is 2. The molecule has 2 N–H and O–H groups in total. The molecule has 0 aromatic carbocycles. The monoisotopic (exact) mass is 232 g/mol. The van der Waals surface area contributed by atoms with Gasteiger partial charge < -0.3 is 14.9 Å². The summed E-state index contributed by atoms with van der Waals surface area (Å²) < 4.78 is 13.7. The average molecular weight is 233 g/mol. The fourth-order valence-electron chi connectivity index (χ4n) is 1.23. The molecule has 1 aliphatic rings. The molecule has 0 aromatic heterocycles. The molecule has 1 fully saturated rings. The van der Waals surface area contributed by atoms with E-state index in [9.17, 15) is 10.2 Å². The largest absolute Gasteiger partial charge is 0.388 e. The van der Waals surface area contributed by atoms with Crippen molar-refractivity contribution < 1.29 is 23.5 Å². The summed E-state index contributed by atoms with van der Waals surface area (Å²) in [6.07, 6.45) is -3.36. The summed E-state index contributed by atoms with van der Waals surface area (Å²) in [5, 5.41) is 18.7. The molecule has 5 nitrogen and oxygen atoms in total. The molecule has 0 spiro atoms. The standard InChI is InChI=1S/C6H10Cl2O5/c7-11-1-3-5(9)6(10)4(13-3)2-12-8/h3-6,9-10H,1-2H2/t3-,4?,5-,6-/m1/s1. The van der Waals surface area contributed by atoms with E-state index >= 15 is 0 Å². The third-order valence-electron chi connectivity index (χ3n) is 1.92. The SMILES string of the molecule is O[C@H]1[C@H](O)C(COCl)O[C@@H]1COCl. The Morgan fingerprint density at radius 2 is 1.38 bits per heavy atom. The van der Waals surface area contributed by atoms with Crippen LogP contribution in [-0.4, -0.2) is 47.8 Å². The molecule has 4 atom stereocenters. The number of aliphatic hydroxyl groups excluding tert-OH is 2. The zero-order valence-corrected chi connectivity index (χ0v) is 8.11. The Kier molecular flexibility index (Phi) is 4.68. The third kappa shape index (κ3) is 2.66. The Morgan fingerprint density at radius 3 is 1.69 bits per heavy atom. The molecule has 7 heteroatoms. The van der Waals surface area contributed by atoms with Crippen molar-refractivity contribution in [3.63, 3.8) is 0 Å². The zero-order chi connectivity index (χ0) is 9.84. The smallest absolute Gasteiger partial charge is 0.112 e. The van der Waals surface area contributed by atoms with E-state index in [1.165, 1.54) is 0 Å². The molecule has 0 aliphatic carbocycles. The first-order chi connectivity index (χ1) is 6.20. The van der Waals surface area contributed by atoms with Crippen LogP contribution in [0.3, 0.4) is 0 Å². The van der Waals surface area contributed by atoms with Crippen LogP contribution < -0.4 is 0 Å². The lowest BCUT2D eigenvalue weighted by atomic mass is 10.1. The van der Waals surface area contributed by atoms with Crippen LogP contribution in [0.4, 0.5) is 0 Å². The second kappa shape index (κ2) is 5.31. The lowest BCUT2D eigenvalue weighted by molar-refractivity contribution is -0.0288. The quantitative estimate of drug-likeness (QED) is 0.704. The average Bonchev–Trinajstić information content (AvgIpc) is 2.36. The van der Waals surface area contributed by atoms with Gasteiger partial charge in [0.15, 0.2) is 0 Å². The lowest BCUT2D eigenvalue weighted by Gasteiger charge is -2.11. The normalized spacial score (nSPS) is 39.7. The number of hydrogen-bond acceptors (Lipinski definition) is 5. The highest BCUT2D eigenvalue weighted by Gasteiger charge is 2.42. The van der Waals surface area contributed by atoms with E-state index in [-0.39, 0.29) is 13.2 Å². The molecule has 0 saturated carbocycles. The van der Waals surface area contributed by atoms with Crippen LogP contribution in [0.2, 0.25) is 0 Å². The first-order valence-electron chi connectivity index (χ1n) is 3.69. The number of ether oxygens (including phenoxy) is 1. The summed E-state index contributed by atoms with van der Waals surface area (Å²) in [6.45, 7) is -0.00284. The van der Waals surface area contributed by atoms with Crippen LogP contribution in [0.15, 0.2) is 0 Å². The minimum Gasteiger partial charge on any atom is -0.388 e. The van der Waals surface area contributed by atoms with Crippen LogP contribution in [0.5, 0.6) is 0 Å². The maximum Gasteiger partial charge on any atom is 0.112 e. The highest BCUT2D eigenvalue weighted by atomic mass is 35.5. The van der Waals surface area contributed by atoms with Crippen LogP contribution in [0, 0.1) is 0 Å². The summed E-state index contributed by atoms with van der Waals surface area (Å²) in [5.41, 5.74) is 0. The second-order valence-corrected chi connectivity index (χ2v) is 3.18. The maximum atomic E-state index is 9.37. The van der Waals surface area contributed by atoms with Gasteiger partial charge in [0.05, 0.1) is 36.9 Å². The van der Waals surface area contributed by atoms with Gasteiger partial charge in [0.2, 0.25) is 0 Å². The molecule has 0 radical (unpaired) electrons. The van der Waals surface area contributed by atoms with Crippen molar-refractivity contribution in [2.75, 3.05) is 13.2 Å². The first-order valence-corrected chi connectivity index (χ1v) is 4.31. The van der Waals surface area contributed by atoms with Crippen molar-refractivity contribution in [3.05, 3.63) is 0 Å². The van der Waals surface area contributed by atoms with Crippen molar-refractivity contribution in [2.45, 2.75) is 24.4 Å². The van der Waals surface area contributed by atoms with Crippen molar-refractivity contribution in [3.8, 4) is 0 Å². The molecule has 1 unspecified atom stereocenters. The molecule has 1 aliphatic heterocycles. The van der Waals surface area contributed by atoms with Crippen LogP contribution in [0.1, 0.15) is 0 Å². The molecule has 0 aromatic rings. The van der Waals surface area contributed by atoms with Gasteiger partial charge in [-0.1, -0.05) is 0 Å². The van der Waals surface area contributed by atoms with Crippen LogP contribution in [-0.2, 0) is 13.3 Å². The summed E-state index contributed by atoms with van der Waals surface area (Å²) in [5.74, 6) is 0. The zero-order valence-electron chi connectivity index (χ0n) is 6.60. The Labute approximate surface area is 85.4 Å². The molecular formula is C6H10Cl2O5. The minimum atomic E-state index is -1.03. The predicted octanol–water partition coefficient (Wildman–Crippen LogP) is -0.184. The molecule has 1 heterocycles. The van der Waals surface area contributed by atoms with Crippen molar-refractivity contribution in [2.24, 2.45) is 0 Å². The van der Waals surface area contributed by atoms with Gasteiger partial charge in [-0.3, -0.25) is 8.58 Å². The van der Waals surface area contributed by atoms with E-state index in [4.69, 9.17) is 28.5 Å². The van der Waals surface area contributed by atoms with Gasteiger partial charge in [-0.15, -0.1) is 0 Å². The molecule has 0 bridgehead atoms. The number of rotatable bonds is 4. The summed E-state index contributed by atoms with van der Waals surface area (Å²) in [7, 11) is 0. The molecular weight excluding hydrogens is 223 g/mol. The third-order valence-corrected chi connectivity index (χ3v) is 2.17. The highest BCUT2D eigenvalue weighted by Crippen LogP contribution is 2.22. The first kappa shape index (κ1) is 11.5. The molecule has 1 saturated heterocycles. The van der Waals surface area contributed by atoms with E-state index in [1.807, 2.05) is 0 Å². The Morgan fingerprint density at radius 1 is 1.00 bits per heavy atom. The van der Waals surface area contributed by atoms with E-state index in [0.717, 1.165) is 0 Å². The highest BCUT2D eigenvalue weighted by molar-refractivity contribution is 6.07. The fourth-order valence-corrected chi connectivity index (χ4v) is 1.47. The van der Waals surface area contributed by atoms with E-state index < -0.39 is 24.4 Å². The van der Waals surface area contributed by atoms with Crippen molar-refractivity contribution in [1.29, 1.82) is 0 Å². The van der Waals surface area contributed by atoms with Crippen molar-refractivity contribution in [1.82, 2.24) is 0 Å². The van der Waals surface area contributed by atoms with Gasteiger partial charge in [-0.05, 0) is 0 Å². The van der Waals surface area contributed by atoms with Crippen molar-refractivity contribution >= 4 is 23.7 Å². The second-order valence-electron chi connectivity index (χ2n) is 2.75. The topological polar surface area (TPSA) is 68.2 Å². The van der Waals surface area contributed by atoms with Gasteiger partial charge in [0.1, 0.15) is 24.4 Å². The van der Waals surface area contributed by atoms with E-state index in [0.29, 0.717) is 0 Å². The Bertz CT molecular complexity index is 142. The van der Waals surface area contributed by atoms with Gasteiger partial charge in [0.25, 0.3) is 0 Å². The van der Waals surface area contributed by atoms with E-state index in [1.54, 1.807) is 0 Å². The van der Waals surface area contributed by atoms with Crippen LogP contribution >= 0.6 is 23.7 Å².